The third-order valence-electron chi connectivity index (χ3n) is 1.29. The van der Waals surface area contributed by atoms with Crippen molar-refractivity contribution in [1.29, 1.82) is 0 Å². The van der Waals surface area contributed by atoms with Gasteiger partial charge in [0.15, 0.2) is 0 Å². The van der Waals surface area contributed by atoms with Gasteiger partial charge in [0, 0.05) is 0 Å². The molecule has 4 heteroatoms. The lowest BCUT2D eigenvalue weighted by molar-refractivity contribution is 0.0473. The van der Waals surface area contributed by atoms with Crippen LogP contribution in [0.5, 0.6) is 0 Å². The van der Waals surface area contributed by atoms with Gasteiger partial charge >= 0.3 is 6.16 Å². The van der Waals surface area contributed by atoms with Crippen molar-refractivity contribution in [3.05, 3.63) is 0 Å². The van der Waals surface area contributed by atoms with Crippen LogP contribution in [0.2, 0.25) is 0 Å². The number of hydrogen-bond donors (Lipinski definition) is 0. The van der Waals surface area contributed by atoms with Crippen molar-refractivity contribution in [3.8, 4) is 0 Å². The molecule has 0 N–H and O–H groups in total. The maximum atomic E-state index is 10.2. The van der Waals surface area contributed by atoms with E-state index < -0.39 is 6.16 Å². The molecule has 0 aromatic rings. The molecular formula is C7H13NO3. The van der Waals surface area contributed by atoms with Crippen molar-refractivity contribution in [2.24, 2.45) is 0 Å². The highest BCUT2D eigenvalue weighted by Crippen LogP contribution is 1.98. The Labute approximate surface area is 66.6 Å². The number of nitrogens with zero attached hydrogens (tertiary/aromatic N) is 1. The third kappa shape index (κ3) is 7.12. The molecule has 4 nitrogen and oxygen atoms in total. The van der Waals surface area contributed by atoms with E-state index in [0.29, 0.717) is 6.61 Å². The minimum absolute atomic E-state index is 0.319. The first-order valence-corrected chi connectivity index (χ1v) is 3.79. The first kappa shape index (κ1) is 10.2. The SMILES string of the molecule is CCCCCCOC(=O)O[N]. The first-order valence-electron chi connectivity index (χ1n) is 3.79. The van der Waals surface area contributed by atoms with Crippen LogP contribution >= 0.6 is 0 Å². The maximum Gasteiger partial charge on any atom is 0.530 e. The molecule has 0 rings (SSSR count). The van der Waals surface area contributed by atoms with Crippen molar-refractivity contribution < 1.29 is 14.4 Å². The monoisotopic (exact) mass is 159 g/mol. The summed E-state index contributed by atoms with van der Waals surface area (Å²) in [4.78, 5) is 13.4. The fourth-order valence-electron chi connectivity index (χ4n) is 0.711. The molecule has 0 aliphatic carbocycles. The molecule has 0 spiro atoms. The number of rotatable bonds is 5. The predicted octanol–water partition coefficient (Wildman–Crippen LogP) is 1.70. The lowest BCUT2D eigenvalue weighted by Gasteiger charge is -1.99. The molecule has 0 aromatic heterocycles. The number of carbonyl (C=O) groups is 1. The summed E-state index contributed by atoms with van der Waals surface area (Å²) < 4.78 is 4.43. The standard InChI is InChI=1S/C7H13NO3/c1-2-3-4-5-6-10-7(9)11-8/h2-6H2,1H3. The summed E-state index contributed by atoms with van der Waals surface area (Å²) in [5.74, 6) is 7.76. The summed E-state index contributed by atoms with van der Waals surface area (Å²) in [5, 5.41) is 0. The Morgan fingerprint density at radius 2 is 2.09 bits per heavy atom. The topological polar surface area (TPSA) is 57.8 Å². The fraction of sp³-hybridized carbons (Fsp3) is 0.857. The van der Waals surface area contributed by atoms with Crippen LogP contribution in [0, 0.1) is 0 Å². The number of unbranched alkanes of at least 4 members (excludes halogenated alkanes) is 3. The van der Waals surface area contributed by atoms with Crippen LogP contribution in [-0.2, 0) is 9.57 Å². The zero-order chi connectivity index (χ0) is 8.53. The lowest BCUT2D eigenvalue weighted by Crippen LogP contribution is -2.06. The van der Waals surface area contributed by atoms with Crippen molar-refractivity contribution in [3.63, 3.8) is 0 Å². The number of ether oxygens (including phenoxy) is 1. The zero-order valence-electron chi connectivity index (χ0n) is 6.71. The van der Waals surface area contributed by atoms with Gasteiger partial charge in [-0.05, 0) is 6.42 Å². The van der Waals surface area contributed by atoms with E-state index in [1.54, 1.807) is 0 Å². The minimum Gasteiger partial charge on any atom is -0.433 e. The maximum absolute atomic E-state index is 10.2. The second-order valence-electron chi connectivity index (χ2n) is 2.25. The van der Waals surface area contributed by atoms with Gasteiger partial charge < -0.3 is 4.74 Å². The third-order valence-corrected chi connectivity index (χ3v) is 1.29. The van der Waals surface area contributed by atoms with E-state index in [9.17, 15) is 4.79 Å². The first-order chi connectivity index (χ1) is 5.31. The molecule has 2 radical (unpaired) electrons. The predicted molar refractivity (Wildman–Crippen MR) is 38.7 cm³/mol. The van der Waals surface area contributed by atoms with E-state index in [1.807, 2.05) is 0 Å². The van der Waals surface area contributed by atoms with E-state index in [1.165, 1.54) is 0 Å². The Morgan fingerprint density at radius 3 is 2.64 bits per heavy atom. The summed E-state index contributed by atoms with van der Waals surface area (Å²) in [6.07, 6.45) is 3.11. The highest BCUT2D eigenvalue weighted by molar-refractivity contribution is 5.59. The van der Waals surface area contributed by atoms with Crippen LogP contribution in [0.1, 0.15) is 32.6 Å². The van der Waals surface area contributed by atoms with Gasteiger partial charge in [0.2, 0.25) is 0 Å². The van der Waals surface area contributed by atoms with Gasteiger partial charge in [-0.3, -0.25) is 4.84 Å². The highest BCUT2D eigenvalue weighted by Gasteiger charge is 2.00. The van der Waals surface area contributed by atoms with E-state index in [2.05, 4.69) is 16.5 Å². The van der Waals surface area contributed by atoms with Crippen LogP contribution in [0.25, 0.3) is 0 Å². The van der Waals surface area contributed by atoms with Gasteiger partial charge in [0.05, 0.1) is 6.61 Å². The average Bonchev–Trinajstić information content (AvgIpc) is 2.04. The molecule has 0 aromatic carbocycles. The number of hydrogen-bond acceptors (Lipinski definition) is 3. The van der Waals surface area contributed by atoms with Crippen LogP contribution in [0.15, 0.2) is 0 Å². The smallest absolute Gasteiger partial charge is 0.433 e. The van der Waals surface area contributed by atoms with Gasteiger partial charge in [-0.15, -0.1) is 0 Å². The summed E-state index contributed by atoms with van der Waals surface area (Å²) in [5.41, 5.74) is 0. The molecule has 0 amide bonds. The second-order valence-corrected chi connectivity index (χ2v) is 2.25. The Bertz CT molecular complexity index is 106. The summed E-state index contributed by atoms with van der Waals surface area (Å²) in [6, 6.07) is 0. The lowest BCUT2D eigenvalue weighted by atomic mass is 10.2. The summed E-state index contributed by atoms with van der Waals surface area (Å²) >= 11 is 0. The van der Waals surface area contributed by atoms with Crippen LogP contribution < -0.4 is 5.90 Å². The largest absolute Gasteiger partial charge is 0.530 e. The molecule has 64 valence electrons. The number of carbonyl (C=O) groups excluding carboxylic acids is 1. The minimum atomic E-state index is -1.03. The molecule has 0 saturated heterocycles. The molecule has 0 heterocycles. The van der Waals surface area contributed by atoms with Crippen molar-refractivity contribution in [2.45, 2.75) is 32.6 Å². The van der Waals surface area contributed by atoms with Gasteiger partial charge in [0.1, 0.15) is 5.90 Å². The summed E-state index contributed by atoms with van der Waals surface area (Å²) in [7, 11) is 0. The fourth-order valence-corrected chi connectivity index (χ4v) is 0.711. The molecule has 11 heavy (non-hydrogen) atoms. The van der Waals surface area contributed by atoms with E-state index in [0.717, 1.165) is 25.7 Å². The molecule has 0 unspecified atom stereocenters. The molecular weight excluding hydrogens is 146 g/mol. The Morgan fingerprint density at radius 1 is 1.36 bits per heavy atom. The molecule has 0 fully saturated rings. The Balaban J connectivity index is 2.95. The average molecular weight is 159 g/mol. The molecule has 0 atom stereocenters. The molecule has 0 saturated carbocycles. The Kier molecular flexibility index (Phi) is 6.82. The quantitative estimate of drug-likeness (QED) is 0.348. The molecule has 0 aliphatic heterocycles. The van der Waals surface area contributed by atoms with Gasteiger partial charge in [0.25, 0.3) is 0 Å². The Hall–Kier alpha value is -0.770. The highest BCUT2D eigenvalue weighted by atomic mass is 16.8. The summed E-state index contributed by atoms with van der Waals surface area (Å²) in [6.45, 7) is 2.42. The van der Waals surface area contributed by atoms with Gasteiger partial charge in [-0.1, -0.05) is 26.2 Å². The van der Waals surface area contributed by atoms with Crippen molar-refractivity contribution in [2.75, 3.05) is 6.61 Å². The zero-order valence-corrected chi connectivity index (χ0v) is 6.71. The normalized spacial score (nSPS) is 9.27. The van der Waals surface area contributed by atoms with E-state index in [4.69, 9.17) is 5.90 Å². The molecule has 0 aliphatic rings. The van der Waals surface area contributed by atoms with Crippen LogP contribution in [0.4, 0.5) is 4.79 Å². The van der Waals surface area contributed by atoms with Crippen molar-refractivity contribution >= 4 is 6.16 Å². The molecule has 0 bridgehead atoms. The van der Waals surface area contributed by atoms with Crippen LogP contribution in [-0.4, -0.2) is 12.8 Å². The van der Waals surface area contributed by atoms with E-state index in [-0.39, 0.29) is 0 Å². The van der Waals surface area contributed by atoms with Crippen molar-refractivity contribution in [1.82, 2.24) is 5.90 Å². The van der Waals surface area contributed by atoms with Gasteiger partial charge in [-0.25, -0.2) is 4.79 Å². The van der Waals surface area contributed by atoms with Crippen LogP contribution in [0.3, 0.4) is 0 Å². The van der Waals surface area contributed by atoms with E-state index >= 15 is 0 Å². The van der Waals surface area contributed by atoms with Gasteiger partial charge in [-0.2, -0.15) is 0 Å². The second kappa shape index (κ2) is 7.34.